The van der Waals surface area contributed by atoms with Crippen LogP contribution in [0.5, 0.6) is 0 Å². The quantitative estimate of drug-likeness (QED) is 0.705. The van der Waals surface area contributed by atoms with Crippen LogP contribution in [0, 0.1) is 5.92 Å². The highest BCUT2D eigenvalue weighted by Crippen LogP contribution is 2.27. The average Bonchev–Trinajstić information content (AvgIpc) is 2.97. The third-order valence-corrected chi connectivity index (χ3v) is 5.18. The van der Waals surface area contributed by atoms with E-state index in [0.717, 1.165) is 6.26 Å². The lowest BCUT2D eigenvalue weighted by Gasteiger charge is -2.24. The predicted octanol–water partition coefficient (Wildman–Crippen LogP) is 2.97. The first-order chi connectivity index (χ1) is 13.2. The first-order valence-electron chi connectivity index (χ1n) is 9.04. The van der Waals surface area contributed by atoms with Crippen LogP contribution >= 0.6 is 0 Å². The van der Waals surface area contributed by atoms with E-state index in [4.69, 9.17) is 9.47 Å². The molecular formula is C19H27N3O6S. The van der Waals surface area contributed by atoms with Gasteiger partial charge in [-0.15, -0.1) is 0 Å². The summed E-state index contributed by atoms with van der Waals surface area (Å²) in [5, 5.41) is 2.78. The third-order valence-electron chi connectivity index (χ3n) is 4.04. The standard InChI is InChI=1S/C19H27N3O6S/c1-10(2)15(22-18(24)28-19(3,4)5)16-20-12-8-11(17(23)27-6)14(29(7,25)26)9-13(12)21-16/h8-10,15H,1-7H3,(H,20,21)(H,22,24). The van der Waals surface area contributed by atoms with Crippen LogP contribution in [0.1, 0.15) is 56.8 Å². The average molecular weight is 426 g/mol. The molecule has 1 unspecified atom stereocenters. The maximum absolute atomic E-state index is 12.2. The summed E-state index contributed by atoms with van der Waals surface area (Å²) in [6.45, 7) is 9.09. The number of hydrogen-bond acceptors (Lipinski definition) is 7. The molecule has 1 heterocycles. The fourth-order valence-electron chi connectivity index (χ4n) is 2.77. The number of methoxy groups -OCH3 is 1. The summed E-state index contributed by atoms with van der Waals surface area (Å²) >= 11 is 0. The molecule has 1 amide bonds. The number of aromatic amines is 1. The first kappa shape index (κ1) is 22.7. The molecule has 0 radical (unpaired) electrons. The van der Waals surface area contributed by atoms with Gasteiger partial charge in [-0.3, -0.25) is 0 Å². The van der Waals surface area contributed by atoms with Gasteiger partial charge < -0.3 is 19.8 Å². The van der Waals surface area contributed by atoms with Gasteiger partial charge in [-0.25, -0.2) is 23.0 Å². The number of benzene rings is 1. The molecule has 1 aromatic heterocycles. The lowest BCUT2D eigenvalue weighted by atomic mass is 10.0. The predicted molar refractivity (Wildman–Crippen MR) is 107 cm³/mol. The van der Waals surface area contributed by atoms with Crippen molar-refractivity contribution in [1.82, 2.24) is 15.3 Å². The fourth-order valence-corrected chi connectivity index (χ4v) is 3.64. The van der Waals surface area contributed by atoms with E-state index in [1.807, 2.05) is 13.8 Å². The lowest BCUT2D eigenvalue weighted by Crippen LogP contribution is -2.37. The second-order valence-electron chi connectivity index (χ2n) is 8.12. The Morgan fingerprint density at radius 1 is 1.21 bits per heavy atom. The Kier molecular flexibility index (Phi) is 6.27. The molecule has 160 valence electrons. The summed E-state index contributed by atoms with van der Waals surface area (Å²) in [6, 6.07) is 2.20. The van der Waals surface area contributed by atoms with Gasteiger partial charge in [-0.1, -0.05) is 13.8 Å². The zero-order chi connectivity index (χ0) is 22.1. The van der Waals surface area contributed by atoms with E-state index in [2.05, 4.69) is 15.3 Å². The van der Waals surface area contributed by atoms with Crippen LogP contribution < -0.4 is 5.32 Å². The molecule has 2 rings (SSSR count). The number of rotatable bonds is 5. The minimum atomic E-state index is -3.69. The van der Waals surface area contributed by atoms with Gasteiger partial charge >= 0.3 is 12.1 Å². The molecule has 29 heavy (non-hydrogen) atoms. The number of imidazole rings is 1. The molecule has 0 fully saturated rings. The number of amides is 1. The number of sulfone groups is 1. The number of carbonyl (C=O) groups excluding carboxylic acids is 2. The minimum absolute atomic E-state index is 0.0439. The van der Waals surface area contributed by atoms with Gasteiger partial charge in [-0.2, -0.15) is 0 Å². The van der Waals surface area contributed by atoms with Crippen molar-refractivity contribution in [3.05, 3.63) is 23.5 Å². The van der Waals surface area contributed by atoms with Crippen LogP contribution in [0.15, 0.2) is 17.0 Å². The Morgan fingerprint density at radius 3 is 2.31 bits per heavy atom. The number of fused-ring (bicyclic) bond motifs is 1. The van der Waals surface area contributed by atoms with Crippen molar-refractivity contribution in [2.75, 3.05) is 13.4 Å². The highest BCUT2D eigenvalue weighted by Gasteiger charge is 2.27. The number of nitrogens with one attached hydrogen (secondary N) is 2. The van der Waals surface area contributed by atoms with Gasteiger partial charge in [0.25, 0.3) is 0 Å². The van der Waals surface area contributed by atoms with E-state index in [9.17, 15) is 18.0 Å². The molecule has 0 saturated carbocycles. The van der Waals surface area contributed by atoms with Gasteiger partial charge in [0, 0.05) is 6.26 Å². The van der Waals surface area contributed by atoms with Crippen LogP contribution in [0.4, 0.5) is 4.79 Å². The van der Waals surface area contributed by atoms with Crippen molar-refractivity contribution in [1.29, 1.82) is 0 Å². The second-order valence-corrected chi connectivity index (χ2v) is 10.1. The molecule has 2 aromatic rings. The van der Waals surface area contributed by atoms with Gasteiger partial charge in [0.15, 0.2) is 9.84 Å². The molecule has 1 atom stereocenters. The van der Waals surface area contributed by atoms with E-state index in [-0.39, 0.29) is 16.4 Å². The van der Waals surface area contributed by atoms with E-state index < -0.39 is 33.5 Å². The minimum Gasteiger partial charge on any atom is -0.465 e. The number of hydrogen-bond donors (Lipinski definition) is 2. The summed E-state index contributed by atoms with van der Waals surface area (Å²) in [5.74, 6) is -0.399. The van der Waals surface area contributed by atoms with Gasteiger partial charge in [0.1, 0.15) is 11.4 Å². The summed E-state index contributed by atoms with van der Waals surface area (Å²) < 4.78 is 34.3. The molecule has 10 heteroatoms. The summed E-state index contributed by atoms with van der Waals surface area (Å²) in [7, 11) is -2.51. The number of aromatic nitrogens is 2. The number of carbonyl (C=O) groups is 2. The Bertz CT molecular complexity index is 1030. The normalized spacial score (nSPS) is 13.4. The van der Waals surface area contributed by atoms with Crippen LogP contribution in [-0.4, -0.2) is 49.4 Å². The van der Waals surface area contributed by atoms with Crippen LogP contribution in [-0.2, 0) is 19.3 Å². The van der Waals surface area contributed by atoms with Crippen molar-refractivity contribution in [2.24, 2.45) is 5.92 Å². The SMILES string of the molecule is COC(=O)c1cc2nc(C(NC(=O)OC(C)(C)C)C(C)C)[nH]c2cc1S(C)(=O)=O. The molecule has 0 aliphatic rings. The molecule has 9 nitrogen and oxygen atoms in total. The summed E-state index contributed by atoms with van der Waals surface area (Å²) in [5.41, 5.74) is 0.0511. The van der Waals surface area contributed by atoms with E-state index in [0.29, 0.717) is 16.9 Å². The van der Waals surface area contributed by atoms with E-state index in [1.165, 1.54) is 19.2 Å². The highest BCUT2D eigenvalue weighted by molar-refractivity contribution is 7.90. The molecule has 0 spiro atoms. The monoisotopic (exact) mass is 425 g/mol. The number of nitrogens with zero attached hydrogens (tertiary/aromatic N) is 1. The van der Waals surface area contributed by atoms with Crippen LogP contribution in [0.2, 0.25) is 0 Å². The first-order valence-corrected chi connectivity index (χ1v) is 10.9. The van der Waals surface area contributed by atoms with Gasteiger partial charge in [0.2, 0.25) is 0 Å². The molecule has 1 aromatic carbocycles. The Labute approximate surface area is 170 Å². The van der Waals surface area contributed by atoms with Crippen LogP contribution in [0.25, 0.3) is 11.0 Å². The van der Waals surface area contributed by atoms with Crippen molar-refractivity contribution in [3.8, 4) is 0 Å². The van der Waals surface area contributed by atoms with Crippen molar-refractivity contribution < 1.29 is 27.5 Å². The maximum Gasteiger partial charge on any atom is 0.408 e. The zero-order valence-electron chi connectivity index (χ0n) is 17.6. The second kappa shape index (κ2) is 8.02. The highest BCUT2D eigenvalue weighted by atomic mass is 32.2. The van der Waals surface area contributed by atoms with Crippen molar-refractivity contribution in [2.45, 2.75) is 51.2 Å². The third kappa shape index (κ3) is 5.47. The van der Waals surface area contributed by atoms with Crippen molar-refractivity contribution in [3.63, 3.8) is 0 Å². The zero-order valence-corrected chi connectivity index (χ0v) is 18.4. The summed E-state index contributed by atoms with van der Waals surface area (Å²) in [6.07, 6.45) is 0.419. The molecular weight excluding hydrogens is 398 g/mol. The number of ether oxygens (including phenoxy) is 2. The molecule has 0 aliphatic carbocycles. The number of alkyl carbamates (subject to hydrolysis) is 1. The fraction of sp³-hybridized carbons (Fsp3) is 0.526. The van der Waals surface area contributed by atoms with E-state index in [1.54, 1.807) is 20.8 Å². The largest absolute Gasteiger partial charge is 0.465 e. The maximum atomic E-state index is 12.2. The topological polar surface area (TPSA) is 127 Å². The van der Waals surface area contributed by atoms with Crippen LogP contribution in [0.3, 0.4) is 0 Å². The Morgan fingerprint density at radius 2 is 1.83 bits per heavy atom. The van der Waals surface area contributed by atoms with E-state index >= 15 is 0 Å². The Balaban J connectivity index is 2.52. The smallest absolute Gasteiger partial charge is 0.408 e. The number of H-pyrrole nitrogens is 1. The number of esters is 1. The molecule has 0 aliphatic heterocycles. The van der Waals surface area contributed by atoms with Crippen molar-refractivity contribution >= 4 is 32.9 Å². The molecule has 0 saturated heterocycles. The molecule has 0 bridgehead atoms. The Hall–Kier alpha value is -2.62. The molecule has 2 N–H and O–H groups in total. The summed E-state index contributed by atoms with van der Waals surface area (Å²) in [4.78, 5) is 31.6. The lowest BCUT2D eigenvalue weighted by molar-refractivity contribution is 0.0486. The van der Waals surface area contributed by atoms with Gasteiger partial charge in [-0.05, 0) is 38.8 Å². The van der Waals surface area contributed by atoms with Gasteiger partial charge in [0.05, 0.1) is 34.6 Å².